The minimum atomic E-state index is 0.140. The van der Waals surface area contributed by atoms with Crippen molar-refractivity contribution in [1.82, 2.24) is 0 Å². The molecule has 0 saturated carbocycles. The Morgan fingerprint density at radius 2 is 1.32 bits per heavy atom. The van der Waals surface area contributed by atoms with E-state index < -0.39 is 0 Å². The van der Waals surface area contributed by atoms with Gasteiger partial charge < -0.3 is 0 Å². The highest BCUT2D eigenvalue weighted by Gasteiger charge is 2.17. The van der Waals surface area contributed by atoms with Crippen LogP contribution in [0, 0.1) is 0 Å². The number of allylic oxidation sites excluding steroid dienone is 3. The summed E-state index contributed by atoms with van der Waals surface area (Å²) >= 11 is 0.140. The molecule has 1 heterocycles. The van der Waals surface area contributed by atoms with Gasteiger partial charge in [-0.25, -0.2) is 0 Å². The van der Waals surface area contributed by atoms with E-state index in [4.69, 9.17) is 0 Å². The predicted octanol–water partition coefficient (Wildman–Crippen LogP) is 5.05. The highest BCUT2D eigenvalue weighted by atomic mass is 127. The van der Waals surface area contributed by atoms with Crippen molar-refractivity contribution in [3.63, 3.8) is 0 Å². The van der Waals surface area contributed by atoms with Crippen LogP contribution in [0.25, 0.3) is 0 Å². The van der Waals surface area contributed by atoms with E-state index in [-0.39, 0.29) is 20.7 Å². The molecule has 0 fully saturated rings. The molecule has 0 unspecified atom stereocenters. The molecule has 1 heteroatoms. The lowest BCUT2D eigenvalue weighted by Gasteiger charge is -2.20. The molecule has 2 aromatic rings. The van der Waals surface area contributed by atoms with Crippen LogP contribution >= 0.6 is 20.7 Å². The Balaban J connectivity index is 2.09. The summed E-state index contributed by atoms with van der Waals surface area (Å²) in [6, 6.07) is 21.5. The summed E-state index contributed by atoms with van der Waals surface area (Å²) in [5.41, 5.74) is 4.11. The first kappa shape index (κ1) is 12.5. The van der Waals surface area contributed by atoms with Gasteiger partial charge in [-0.15, -0.1) is 0 Å². The third kappa shape index (κ3) is 2.92. The summed E-state index contributed by atoms with van der Waals surface area (Å²) < 4.78 is 4.68. The van der Waals surface area contributed by atoms with Crippen molar-refractivity contribution in [1.29, 1.82) is 0 Å². The van der Waals surface area contributed by atoms with Crippen molar-refractivity contribution in [2.24, 2.45) is 0 Å². The number of halogens is 1. The third-order valence-corrected chi connectivity index (χ3v) is 4.81. The van der Waals surface area contributed by atoms with Crippen molar-refractivity contribution in [2.75, 3.05) is 0 Å². The standard InChI is InChI=1S/C18H15I/c1-3-7-15(8-4-1)18(16-9-5-2-6-10-16)17-11-13-19-14-12-17/h1-14,18H. The van der Waals surface area contributed by atoms with Crippen LogP contribution in [-0.2, 0) is 0 Å². The van der Waals surface area contributed by atoms with Crippen LogP contribution in [0.2, 0.25) is 0 Å². The van der Waals surface area contributed by atoms with Crippen molar-refractivity contribution in [2.45, 2.75) is 5.92 Å². The first-order chi connectivity index (χ1) is 9.45. The molecule has 0 radical (unpaired) electrons. The van der Waals surface area contributed by atoms with Gasteiger partial charge in [-0.3, -0.25) is 0 Å². The first-order valence-electron chi connectivity index (χ1n) is 6.37. The molecular formula is C18H15I. The fourth-order valence-corrected chi connectivity index (χ4v) is 3.86. The zero-order valence-corrected chi connectivity index (χ0v) is 12.7. The molecule has 0 amide bonds. The van der Waals surface area contributed by atoms with Crippen LogP contribution in [0.4, 0.5) is 0 Å². The smallest absolute Gasteiger partial charge is 0.0340 e. The molecule has 0 nitrogen and oxygen atoms in total. The topological polar surface area (TPSA) is 0 Å². The van der Waals surface area contributed by atoms with Crippen LogP contribution < -0.4 is 0 Å². The quantitative estimate of drug-likeness (QED) is 0.674. The summed E-state index contributed by atoms with van der Waals surface area (Å²) in [7, 11) is 0. The van der Waals surface area contributed by atoms with Gasteiger partial charge in [-0.1, -0.05) is 93.5 Å². The van der Waals surface area contributed by atoms with Crippen LogP contribution in [-0.4, -0.2) is 4.01 Å². The van der Waals surface area contributed by atoms with Crippen molar-refractivity contribution < 1.29 is 0 Å². The molecule has 2 aromatic carbocycles. The van der Waals surface area contributed by atoms with E-state index in [1.54, 1.807) is 0 Å². The third-order valence-electron chi connectivity index (χ3n) is 3.26. The van der Waals surface area contributed by atoms with Crippen LogP contribution in [0.3, 0.4) is 0 Å². The fourth-order valence-electron chi connectivity index (χ4n) is 2.38. The van der Waals surface area contributed by atoms with Gasteiger partial charge in [0.05, 0.1) is 0 Å². The average Bonchev–Trinajstić information content (AvgIpc) is 2.51. The molecule has 19 heavy (non-hydrogen) atoms. The fraction of sp³-hybridized carbons (Fsp3) is 0.0556. The van der Waals surface area contributed by atoms with E-state index in [2.05, 4.69) is 80.9 Å². The predicted molar refractivity (Wildman–Crippen MR) is 92.0 cm³/mol. The van der Waals surface area contributed by atoms with E-state index in [9.17, 15) is 0 Å². The van der Waals surface area contributed by atoms with Crippen LogP contribution in [0.15, 0.2) is 82.5 Å². The van der Waals surface area contributed by atoms with E-state index in [1.807, 2.05) is 0 Å². The van der Waals surface area contributed by atoms with Crippen molar-refractivity contribution >= 4 is 24.7 Å². The Labute approximate surface area is 124 Å². The van der Waals surface area contributed by atoms with Crippen molar-refractivity contribution in [3.05, 3.63) is 93.6 Å². The van der Waals surface area contributed by atoms with Crippen molar-refractivity contribution in [3.8, 4) is 0 Å². The molecule has 94 valence electrons. The molecule has 0 saturated heterocycles. The maximum Gasteiger partial charge on any atom is 0.0340 e. The number of benzene rings is 2. The second kappa shape index (κ2) is 6.11. The Morgan fingerprint density at radius 3 is 1.79 bits per heavy atom. The second-order valence-electron chi connectivity index (χ2n) is 4.47. The SMILES string of the molecule is C1=CC(C(c2ccccc2)c2ccccc2)=CC=I1. The molecule has 0 bridgehead atoms. The minimum Gasteiger partial charge on any atom is -0.0937 e. The summed E-state index contributed by atoms with van der Waals surface area (Å²) in [6.07, 6.45) is 4.61. The maximum absolute atomic E-state index is 2.34. The average molecular weight is 358 g/mol. The van der Waals surface area contributed by atoms with Gasteiger partial charge in [0.15, 0.2) is 0 Å². The highest BCUT2D eigenvalue weighted by molar-refractivity contribution is 14.2. The van der Waals surface area contributed by atoms with Gasteiger partial charge in [0, 0.05) is 5.92 Å². The summed E-state index contributed by atoms with van der Waals surface area (Å²) in [4.78, 5) is 0. The number of hydrogen-bond donors (Lipinski definition) is 0. The molecule has 3 rings (SSSR count). The first-order valence-corrected chi connectivity index (χ1v) is 8.86. The van der Waals surface area contributed by atoms with E-state index >= 15 is 0 Å². The van der Waals surface area contributed by atoms with Gasteiger partial charge >= 0.3 is 0 Å². The maximum atomic E-state index is 2.34. The molecule has 0 atom stereocenters. The molecule has 0 spiro atoms. The minimum absolute atomic E-state index is 0.140. The van der Waals surface area contributed by atoms with E-state index in [0.717, 1.165) is 0 Å². The monoisotopic (exact) mass is 358 g/mol. The molecule has 0 aromatic heterocycles. The van der Waals surface area contributed by atoms with E-state index in [1.165, 1.54) is 16.7 Å². The Hall–Kier alpha value is -1.48. The van der Waals surface area contributed by atoms with Gasteiger partial charge in [-0.2, -0.15) is 0 Å². The Kier molecular flexibility index (Phi) is 4.04. The molecule has 1 aliphatic rings. The molecule has 0 aliphatic carbocycles. The molecule has 1 aliphatic heterocycles. The normalized spacial score (nSPS) is 14.1. The van der Waals surface area contributed by atoms with Crippen LogP contribution in [0.1, 0.15) is 17.0 Å². The largest absolute Gasteiger partial charge is 0.0937 e. The summed E-state index contributed by atoms with van der Waals surface area (Å²) in [5, 5.41) is 0. The van der Waals surface area contributed by atoms with E-state index in [0.29, 0.717) is 5.92 Å². The van der Waals surface area contributed by atoms with Gasteiger partial charge in [0.2, 0.25) is 0 Å². The summed E-state index contributed by atoms with van der Waals surface area (Å²) in [6.45, 7) is 0. The lowest BCUT2D eigenvalue weighted by molar-refractivity contribution is 0.980. The lowest BCUT2D eigenvalue weighted by Crippen LogP contribution is -2.04. The molecular weight excluding hydrogens is 343 g/mol. The summed E-state index contributed by atoms with van der Waals surface area (Å²) in [5.74, 6) is 0.346. The van der Waals surface area contributed by atoms with Gasteiger partial charge in [0.1, 0.15) is 0 Å². The zero-order chi connectivity index (χ0) is 12.9. The van der Waals surface area contributed by atoms with Crippen LogP contribution in [0.5, 0.6) is 0 Å². The number of rotatable bonds is 3. The van der Waals surface area contributed by atoms with Gasteiger partial charge in [0.25, 0.3) is 0 Å². The Morgan fingerprint density at radius 1 is 0.737 bits per heavy atom. The lowest BCUT2D eigenvalue weighted by atomic mass is 9.85. The second-order valence-corrected chi connectivity index (χ2v) is 6.62. The van der Waals surface area contributed by atoms with Gasteiger partial charge in [-0.05, 0) is 24.8 Å². The molecule has 0 N–H and O–H groups in total. The Bertz CT molecular complexity index is 582. The highest BCUT2D eigenvalue weighted by Crippen LogP contribution is 2.33. The number of hydrogen-bond acceptors (Lipinski definition) is 0. The zero-order valence-electron chi connectivity index (χ0n) is 10.5.